The molecule has 0 heterocycles. The molecule has 4 rings (SSSR count). The van der Waals surface area contributed by atoms with Crippen molar-refractivity contribution in [2.45, 2.75) is 64.7 Å². The number of Topliss-reactive ketones (excluding diaryl/α,β-unsaturated/α-hetero) is 1. The Morgan fingerprint density at radius 1 is 1.11 bits per heavy atom. The third kappa shape index (κ3) is 1.63. The van der Waals surface area contributed by atoms with Gasteiger partial charge in [0.15, 0.2) is 0 Å². The molecular formula is C18H26O. The van der Waals surface area contributed by atoms with E-state index in [1.807, 2.05) is 0 Å². The molecule has 0 bridgehead atoms. The lowest BCUT2D eigenvalue weighted by atomic mass is 9.52. The van der Waals surface area contributed by atoms with Crippen molar-refractivity contribution in [2.75, 3.05) is 0 Å². The molecule has 0 unspecified atom stereocenters. The molecule has 0 aromatic heterocycles. The van der Waals surface area contributed by atoms with Crippen LogP contribution in [0.15, 0.2) is 11.6 Å². The highest BCUT2D eigenvalue weighted by molar-refractivity contribution is 5.87. The van der Waals surface area contributed by atoms with E-state index in [1.54, 1.807) is 5.57 Å². The molecule has 5 atom stereocenters. The standard InChI is InChI=1S/C18H26O/c1-18-11-10-14-13-5-3-2-4-12(13)6-7-15(14)16(18)8-9-17(18)19/h4,13-16H,2-3,5-11H2,1H3/t13-,14-,15+,16-,18+/m1/s1. The smallest absolute Gasteiger partial charge is 0.139 e. The second-order valence-corrected chi connectivity index (χ2v) is 7.71. The van der Waals surface area contributed by atoms with E-state index in [9.17, 15) is 4.79 Å². The van der Waals surface area contributed by atoms with Gasteiger partial charge in [-0.2, -0.15) is 0 Å². The molecule has 1 nitrogen and oxygen atoms in total. The molecular weight excluding hydrogens is 232 g/mol. The highest BCUT2D eigenvalue weighted by Gasteiger charge is 2.55. The van der Waals surface area contributed by atoms with Crippen LogP contribution in [0.4, 0.5) is 0 Å². The molecule has 0 amide bonds. The van der Waals surface area contributed by atoms with Gasteiger partial charge in [-0.15, -0.1) is 0 Å². The van der Waals surface area contributed by atoms with Crippen LogP contribution in [0.2, 0.25) is 0 Å². The molecule has 0 aromatic carbocycles. The van der Waals surface area contributed by atoms with Crippen LogP contribution in [0.1, 0.15) is 64.7 Å². The molecule has 4 aliphatic carbocycles. The summed E-state index contributed by atoms with van der Waals surface area (Å²) in [5, 5.41) is 0. The van der Waals surface area contributed by atoms with Gasteiger partial charge < -0.3 is 0 Å². The number of ketones is 1. The molecule has 104 valence electrons. The molecule has 0 spiro atoms. The van der Waals surface area contributed by atoms with Gasteiger partial charge in [0.25, 0.3) is 0 Å². The van der Waals surface area contributed by atoms with Gasteiger partial charge in [-0.05, 0) is 75.0 Å². The summed E-state index contributed by atoms with van der Waals surface area (Å²) in [6, 6.07) is 0. The molecule has 0 saturated heterocycles. The van der Waals surface area contributed by atoms with E-state index in [2.05, 4.69) is 13.0 Å². The fourth-order valence-electron chi connectivity index (χ4n) is 6.07. The zero-order valence-corrected chi connectivity index (χ0v) is 12.2. The highest BCUT2D eigenvalue weighted by Crippen LogP contribution is 2.60. The van der Waals surface area contributed by atoms with Crippen LogP contribution in [0.25, 0.3) is 0 Å². The first-order valence-corrected chi connectivity index (χ1v) is 8.42. The van der Waals surface area contributed by atoms with E-state index >= 15 is 0 Å². The summed E-state index contributed by atoms with van der Waals surface area (Å²) in [6.45, 7) is 2.29. The fourth-order valence-corrected chi connectivity index (χ4v) is 6.07. The Morgan fingerprint density at radius 2 is 2.00 bits per heavy atom. The van der Waals surface area contributed by atoms with Crippen molar-refractivity contribution in [2.24, 2.45) is 29.1 Å². The van der Waals surface area contributed by atoms with E-state index in [1.165, 1.54) is 51.4 Å². The van der Waals surface area contributed by atoms with Gasteiger partial charge in [-0.25, -0.2) is 0 Å². The molecule has 19 heavy (non-hydrogen) atoms. The largest absolute Gasteiger partial charge is 0.299 e. The predicted molar refractivity (Wildman–Crippen MR) is 76.7 cm³/mol. The molecule has 3 fully saturated rings. The van der Waals surface area contributed by atoms with Crippen molar-refractivity contribution >= 4 is 5.78 Å². The van der Waals surface area contributed by atoms with Crippen LogP contribution in [0.5, 0.6) is 0 Å². The minimum Gasteiger partial charge on any atom is -0.299 e. The number of carbonyl (C=O) groups is 1. The number of hydrogen-bond acceptors (Lipinski definition) is 1. The Morgan fingerprint density at radius 3 is 2.89 bits per heavy atom. The lowest BCUT2D eigenvalue weighted by Gasteiger charge is -2.52. The van der Waals surface area contributed by atoms with Gasteiger partial charge in [-0.1, -0.05) is 18.6 Å². The van der Waals surface area contributed by atoms with Crippen LogP contribution in [0, 0.1) is 29.1 Å². The Balaban J connectivity index is 1.65. The topological polar surface area (TPSA) is 17.1 Å². The van der Waals surface area contributed by atoms with E-state index in [0.29, 0.717) is 5.78 Å². The van der Waals surface area contributed by atoms with Crippen LogP contribution in [0.3, 0.4) is 0 Å². The SMILES string of the molecule is C[C@]12CC[C@H]3[C@H](CCC4=CCCC[C@H]43)[C@H]1CCC2=O. The minimum absolute atomic E-state index is 0.0665. The zero-order valence-electron chi connectivity index (χ0n) is 12.2. The second kappa shape index (κ2) is 4.20. The quantitative estimate of drug-likeness (QED) is 0.584. The maximum Gasteiger partial charge on any atom is 0.139 e. The monoisotopic (exact) mass is 258 g/mol. The summed E-state index contributed by atoms with van der Waals surface area (Å²) in [6.07, 6.45) is 14.0. The van der Waals surface area contributed by atoms with Gasteiger partial charge >= 0.3 is 0 Å². The summed E-state index contributed by atoms with van der Waals surface area (Å²) in [5.74, 6) is 3.99. The van der Waals surface area contributed by atoms with E-state index in [0.717, 1.165) is 30.1 Å². The van der Waals surface area contributed by atoms with Gasteiger partial charge in [-0.3, -0.25) is 4.79 Å². The summed E-state index contributed by atoms with van der Waals surface area (Å²) in [4.78, 5) is 12.3. The Labute approximate surface area is 116 Å². The summed E-state index contributed by atoms with van der Waals surface area (Å²) >= 11 is 0. The number of allylic oxidation sites excluding steroid dienone is 2. The van der Waals surface area contributed by atoms with Gasteiger partial charge in [0.2, 0.25) is 0 Å². The zero-order chi connectivity index (χ0) is 13.0. The van der Waals surface area contributed by atoms with E-state index in [-0.39, 0.29) is 5.41 Å². The first kappa shape index (κ1) is 12.2. The Kier molecular flexibility index (Phi) is 2.69. The van der Waals surface area contributed by atoms with Crippen LogP contribution >= 0.6 is 0 Å². The number of fused-ring (bicyclic) bond motifs is 5. The first-order chi connectivity index (χ1) is 9.20. The summed E-state index contributed by atoms with van der Waals surface area (Å²) in [5.41, 5.74) is 1.86. The molecule has 0 N–H and O–H groups in total. The average molecular weight is 258 g/mol. The predicted octanol–water partition coefficient (Wildman–Crippen LogP) is 4.52. The van der Waals surface area contributed by atoms with Crippen LogP contribution in [-0.2, 0) is 4.79 Å². The van der Waals surface area contributed by atoms with Crippen molar-refractivity contribution in [3.05, 3.63) is 11.6 Å². The van der Waals surface area contributed by atoms with Crippen LogP contribution in [-0.4, -0.2) is 5.78 Å². The lowest BCUT2D eigenvalue weighted by Crippen LogP contribution is -2.46. The maximum absolute atomic E-state index is 12.3. The van der Waals surface area contributed by atoms with E-state index < -0.39 is 0 Å². The summed E-state index contributed by atoms with van der Waals surface area (Å²) < 4.78 is 0. The molecule has 0 aromatic rings. The number of hydrogen-bond donors (Lipinski definition) is 0. The van der Waals surface area contributed by atoms with Crippen LogP contribution < -0.4 is 0 Å². The molecule has 0 radical (unpaired) electrons. The molecule has 4 aliphatic rings. The molecule has 1 heteroatoms. The lowest BCUT2D eigenvalue weighted by molar-refractivity contribution is -0.131. The molecule has 0 aliphatic heterocycles. The van der Waals surface area contributed by atoms with Gasteiger partial charge in [0, 0.05) is 11.8 Å². The average Bonchev–Trinajstić information content (AvgIpc) is 2.75. The van der Waals surface area contributed by atoms with Crippen molar-refractivity contribution in [3.8, 4) is 0 Å². The van der Waals surface area contributed by atoms with Gasteiger partial charge in [0.05, 0.1) is 0 Å². The number of carbonyl (C=O) groups excluding carboxylic acids is 1. The normalized spacial score (nSPS) is 49.1. The minimum atomic E-state index is 0.0665. The second-order valence-electron chi connectivity index (χ2n) is 7.71. The third-order valence-electron chi connectivity index (χ3n) is 7.09. The Hall–Kier alpha value is -0.590. The third-order valence-corrected chi connectivity index (χ3v) is 7.09. The van der Waals surface area contributed by atoms with Crippen molar-refractivity contribution in [3.63, 3.8) is 0 Å². The highest BCUT2D eigenvalue weighted by atomic mass is 16.1. The Bertz CT molecular complexity index is 435. The van der Waals surface area contributed by atoms with Crippen molar-refractivity contribution < 1.29 is 4.79 Å². The van der Waals surface area contributed by atoms with Crippen molar-refractivity contribution in [1.82, 2.24) is 0 Å². The summed E-state index contributed by atoms with van der Waals surface area (Å²) in [7, 11) is 0. The first-order valence-electron chi connectivity index (χ1n) is 8.42. The van der Waals surface area contributed by atoms with Crippen molar-refractivity contribution in [1.29, 1.82) is 0 Å². The molecule has 3 saturated carbocycles. The van der Waals surface area contributed by atoms with E-state index in [4.69, 9.17) is 0 Å². The maximum atomic E-state index is 12.3. The van der Waals surface area contributed by atoms with Gasteiger partial charge in [0.1, 0.15) is 5.78 Å². The fraction of sp³-hybridized carbons (Fsp3) is 0.833. The number of rotatable bonds is 0.